The van der Waals surface area contributed by atoms with Gasteiger partial charge in [0.05, 0.1) is 12.4 Å². The van der Waals surface area contributed by atoms with E-state index < -0.39 is 0 Å². The van der Waals surface area contributed by atoms with E-state index in [1.54, 1.807) is 12.4 Å². The van der Waals surface area contributed by atoms with Crippen molar-refractivity contribution < 1.29 is 8.81 Å². The maximum atomic E-state index is 13.0. The zero-order valence-electron chi connectivity index (χ0n) is 8.61. The van der Waals surface area contributed by atoms with Crippen molar-refractivity contribution in [2.45, 2.75) is 12.5 Å². The minimum Gasteiger partial charge on any atom is -0.461 e. The van der Waals surface area contributed by atoms with E-state index in [9.17, 15) is 4.39 Å². The van der Waals surface area contributed by atoms with Gasteiger partial charge in [-0.05, 0) is 24.3 Å². The van der Waals surface area contributed by atoms with Crippen LogP contribution in [0.15, 0.2) is 33.7 Å². The van der Waals surface area contributed by atoms with Crippen LogP contribution in [0.25, 0.3) is 11.0 Å². The summed E-state index contributed by atoms with van der Waals surface area (Å²) in [7, 11) is 0. The Hall–Kier alpha value is -1.84. The quantitative estimate of drug-likeness (QED) is 0.838. The van der Waals surface area contributed by atoms with Crippen molar-refractivity contribution in [3.63, 3.8) is 0 Å². The zero-order valence-corrected chi connectivity index (χ0v) is 8.61. The van der Waals surface area contributed by atoms with Gasteiger partial charge in [0.2, 0.25) is 0 Å². The van der Waals surface area contributed by atoms with Gasteiger partial charge in [0.1, 0.15) is 17.2 Å². The number of furan rings is 1. The third kappa shape index (κ3) is 1.66. The van der Waals surface area contributed by atoms with E-state index in [4.69, 9.17) is 4.42 Å². The van der Waals surface area contributed by atoms with Crippen LogP contribution in [0.5, 0.6) is 0 Å². The Morgan fingerprint density at radius 3 is 3.19 bits per heavy atom. The number of nitrogens with zero attached hydrogens (tertiary/aromatic N) is 1. The molecule has 0 bridgehead atoms. The summed E-state index contributed by atoms with van der Waals surface area (Å²) < 4.78 is 18.6. The molecule has 1 aromatic heterocycles. The Labute approximate surface area is 92.0 Å². The van der Waals surface area contributed by atoms with Crippen LogP contribution in [-0.2, 0) is 6.42 Å². The monoisotopic (exact) mass is 218 g/mol. The zero-order chi connectivity index (χ0) is 11.0. The van der Waals surface area contributed by atoms with E-state index in [0.717, 1.165) is 29.7 Å². The molecule has 0 radical (unpaired) electrons. The first-order chi connectivity index (χ1) is 7.81. The first kappa shape index (κ1) is 9.39. The molecule has 3 nitrogen and oxygen atoms in total. The van der Waals surface area contributed by atoms with Crippen LogP contribution >= 0.6 is 0 Å². The van der Waals surface area contributed by atoms with Gasteiger partial charge in [-0.3, -0.25) is 4.99 Å². The van der Waals surface area contributed by atoms with Gasteiger partial charge in [-0.25, -0.2) is 4.39 Å². The van der Waals surface area contributed by atoms with Gasteiger partial charge in [-0.15, -0.1) is 0 Å². The molecule has 4 heteroatoms. The van der Waals surface area contributed by atoms with Crippen molar-refractivity contribution in [2.24, 2.45) is 4.99 Å². The highest BCUT2D eigenvalue weighted by atomic mass is 19.1. The molecule has 0 fully saturated rings. The number of hydrogen-bond acceptors (Lipinski definition) is 3. The molecule has 0 saturated carbocycles. The SMILES string of the molecule is Fc1ccc2oc(CC3CNC=N3)cc2c1. The lowest BCUT2D eigenvalue weighted by atomic mass is 10.1. The van der Waals surface area contributed by atoms with Gasteiger partial charge >= 0.3 is 0 Å². The second kappa shape index (κ2) is 3.63. The molecule has 82 valence electrons. The minimum absolute atomic E-state index is 0.227. The van der Waals surface area contributed by atoms with Crippen molar-refractivity contribution in [1.82, 2.24) is 5.32 Å². The summed E-state index contributed by atoms with van der Waals surface area (Å²) in [4.78, 5) is 4.25. The summed E-state index contributed by atoms with van der Waals surface area (Å²) >= 11 is 0. The number of rotatable bonds is 2. The summed E-state index contributed by atoms with van der Waals surface area (Å²) in [6, 6.07) is 6.66. The van der Waals surface area contributed by atoms with Gasteiger partial charge in [0.15, 0.2) is 0 Å². The molecule has 16 heavy (non-hydrogen) atoms. The lowest BCUT2D eigenvalue weighted by Crippen LogP contribution is -2.17. The van der Waals surface area contributed by atoms with Gasteiger partial charge in [-0.2, -0.15) is 0 Å². The lowest BCUT2D eigenvalue weighted by molar-refractivity contribution is 0.519. The minimum atomic E-state index is -0.236. The van der Waals surface area contributed by atoms with E-state index in [1.165, 1.54) is 12.1 Å². The summed E-state index contributed by atoms with van der Waals surface area (Å²) in [5.41, 5.74) is 0.728. The fourth-order valence-electron chi connectivity index (χ4n) is 1.93. The van der Waals surface area contributed by atoms with E-state index in [2.05, 4.69) is 10.3 Å². The smallest absolute Gasteiger partial charge is 0.134 e. The first-order valence-electron chi connectivity index (χ1n) is 5.24. The largest absolute Gasteiger partial charge is 0.461 e. The third-order valence-electron chi connectivity index (χ3n) is 2.70. The van der Waals surface area contributed by atoms with E-state index in [-0.39, 0.29) is 11.9 Å². The van der Waals surface area contributed by atoms with Crippen LogP contribution in [0.4, 0.5) is 4.39 Å². The molecule has 0 saturated heterocycles. The predicted octanol–water partition coefficient (Wildman–Crippen LogP) is 2.11. The number of benzene rings is 1. The van der Waals surface area contributed by atoms with E-state index in [1.807, 2.05) is 6.07 Å². The molecule has 1 N–H and O–H groups in total. The van der Waals surface area contributed by atoms with Crippen LogP contribution in [0.2, 0.25) is 0 Å². The number of aliphatic imine (C=N–C) groups is 1. The summed E-state index contributed by atoms with van der Waals surface area (Å²) in [6.45, 7) is 0.839. The Bertz CT molecular complexity index is 547. The normalized spacial score (nSPS) is 19.2. The Kier molecular flexibility index (Phi) is 2.13. The van der Waals surface area contributed by atoms with Crippen LogP contribution < -0.4 is 5.32 Å². The third-order valence-corrected chi connectivity index (χ3v) is 2.70. The molecule has 1 aromatic carbocycles. The van der Waals surface area contributed by atoms with E-state index in [0.29, 0.717) is 0 Å². The van der Waals surface area contributed by atoms with Crippen molar-refractivity contribution in [3.8, 4) is 0 Å². The number of halogens is 1. The van der Waals surface area contributed by atoms with Crippen molar-refractivity contribution in [2.75, 3.05) is 6.54 Å². The van der Waals surface area contributed by atoms with E-state index >= 15 is 0 Å². The van der Waals surface area contributed by atoms with Gasteiger partial charge in [0.25, 0.3) is 0 Å². The fraction of sp³-hybridized carbons (Fsp3) is 0.250. The predicted molar refractivity (Wildman–Crippen MR) is 60.2 cm³/mol. The maximum Gasteiger partial charge on any atom is 0.134 e. The number of fused-ring (bicyclic) bond motifs is 1. The summed E-state index contributed by atoms with van der Waals surface area (Å²) in [6.07, 6.45) is 2.47. The fourth-order valence-corrected chi connectivity index (χ4v) is 1.93. The molecule has 2 heterocycles. The second-order valence-electron chi connectivity index (χ2n) is 3.94. The Morgan fingerprint density at radius 1 is 1.44 bits per heavy atom. The molecule has 0 spiro atoms. The highest BCUT2D eigenvalue weighted by Crippen LogP contribution is 2.21. The van der Waals surface area contributed by atoms with Gasteiger partial charge in [0, 0.05) is 18.4 Å². The first-order valence-corrected chi connectivity index (χ1v) is 5.24. The number of hydrogen-bond donors (Lipinski definition) is 1. The van der Waals surface area contributed by atoms with Gasteiger partial charge in [-0.1, -0.05) is 0 Å². The Balaban J connectivity index is 1.89. The van der Waals surface area contributed by atoms with Gasteiger partial charge < -0.3 is 9.73 Å². The van der Waals surface area contributed by atoms with Crippen LogP contribution in [0.3, 0.4) is 0 Å². The number of nitrogens with one attached hydrogen (secondary N) is 1. The molecule has 0 amide bonds. The van der Waals surface area contributed by atoms with Crippen LogP contribution in [0, 0.1) is 5.82 Å². The Morgan fingerprint density at radius 2 is 2.38 bits per heavy atom. The van der Waals surface area contributed by atoms with Crippen molar-refractivity contribution in [3.05, 3.63) is 35.8 Å². The molecule has 1 aliphatic heterocycles. The topological polar surface area (TPSA) is 37.5 Å². The standard InChI is InChI=1S/C12H11FN2O/c13-9-1-2-12-8(3-9)4-11(16-12)5-10-6-14-7-15-10/h1-4,7,10H,5-6H2,(H,14,15). The van der Waals surface area contributed by atoms with Crippen molar-refractivity contribution >= 4 is 17.3 Å². The molecule has 1 unspecified atom stereocenters. The highest BCUT2D eigenvalue weighted by Gasteiger charge is 2.14. The molecule has 2 aromatic rings. The molecule has 0 aliphatic carbocycles. The molecule has 1 aliphatic rings. The molecule has 1 atom stereocenters. The summed E-state index contributed by atoms with van der Waals surface area (Å²) in [5.74, 6) is 0.617. The van der Waals surface area contributed by atoms with Crippen LogP contribution in [0.1, 0.15) is 5.76 Å². The highest BCUT2D eigenvalue weighted by molar-refractivity contribution is 5.77. The lowest BCUT2D eigenvalue weighted by Gasteiger charge is -2.01. The summed E-state index contributed by atoms with van der Waals surface area (Å²) in [5, 5.41) is 3.85. The molecule has 3 rings (SSSR count). The molecular weight excluding hydrogens is 207 g/mol. The average Bonchev–Trinajstić information content (AvgIpc) is 2.86. The maximum absolute atomic E-state index is 13.0. The average molecular weight is 218 g/mol. The molecular formula is C12H11FN2O. The second-order valence-corrected chi connectivity index (χ2v) is 3.94. The van der Waals surface area contributed by atoms with Crippen molar-refractivity contribution in [1.29, 1.82) is 0 Å². The van der Waals surface area contributed by atoms with Crippen LogP contribution in [-0.4, -0.2) is 18.9 Å².